The van der Waals surface area contributed by atoms with Crippen LogP contribution in [0.3, 0.4) is 0 Å². The monoisotopic (exact) mass is 524 g/mol. The Morgan fingerprint density at radius 2 is 1.73 bits per heavy atom. The molecule has 0 bridgehead atoms. The highest BCUT2D eigenvalue weighted by Crippen LogP contribution is 2.32. The third-order valence-corrected chi connectivity index (χ3v) is 6.30. The number of alkyl halides is 3. The maximum absolute atomic E-state index is 13.3. The lowest BCUT2D eigenvalue weighted by Gasteiger charge is -2.17. The number of amides is 2. The molecule has 0 radical (unpaired) electrons. The first-order valence-corrected chi connectivity index (χ1v) is 12.2. The minimum Gasteiger partial charge on any atom is -0.378 e. The summed E-state index contributed by atoms with van der Waals surface area (Å²) in [5.74, 6) is -1.02. The summed E-state index contributed by atoms with van der Waals surface area (Å²) in [6.07, 6.45) is -2.84. The number of aliphatic imine (C=N–C) groups is 1. The van der Waals surface area contributed by atoms with E-state index in [9.17, 15) is 22.8 Å². The van der Waals surface area contributed by atoms with Crippen LogP contribution in [0.2, 0.25) is 0 Å². The van der Waals surface area contributed by atoms with Gasteiger partial charge in [0.05, 0.1) is 17.0 Å². The highest BCUT2D eigenvalue weighted by Gasteiger charge is 2.33. The van der Waals surface area contributed by atoms with Gasteiger partial charge in [-0.25, -0.2) is 4.99 Å². The van der Waals surface area contributed by atoms with Crippen LogP contribution in [-0.2, 0) is 15.8 Å². The van der Waals surface area contributed by atoms with E-state index >= 15 is 0 Å². The molecule has 1 aliphatic rings. The second-order valence-corrected chi connectivity index (χ2v) is 9.24. The number of nitrogens with one attached hydrogen (secondary N) is 1. The molecule has 0 aromatic heterocycles. The summed E-state index contributed by atoms with van der Waals surface area (Å²) in [5.41, 5.74) is 1.78. The van der Waals surface area contributed by atoms with Crippen molar-refractivity contribution in [2.45, 2.75) is 6.18 Å². The van der Waals surface area contributed by atoms with E-state index in [1.54, 1.807) is 30.3 Å². The van der Waals surface area contributed by atoms with Crippen molar-refractivity contribution < 1.29 is 22.8 Å². The van der Waals surface area contributed by atoms with Gasteiger partial charge >= 0.3 is 6.18 Å². The number of hydrogen-bond acceptors (Lipinski definition) is 5. The fourth-order valence-electron chi connectivity index (χ4n) is 3.52. The van der Waals surface area contributed by atoms with Crippen LogP contribution >= 0.6 is 11.8 Å². The summed E-state index contributed by atoms with van der Waals surface area (Å²) in [4.78, 5) is 33.7. The predicted octanol–water partition coefficient (Wildman–Crippen LogP) is 5.89. The van der Waals surface area contributed by atoms with Crippen molar-refractivity contribution in [3.63, 3.8) is 0 Å². The van der Waals surface area contributed by atoms with E-state index in [1.165, 1.54) is 17.0 Å². The average molecular weight is 525 g/mol. The third-order valence-electron chi connectivity index (χ3n) is 5.36. The van der Waals surface area contributed by atoms with Crippen molar-refractivity contribution in [1.82, 2.24) is 0 Å². The van der Waals surface area contributed by atoms with Crippen LogP contribution in [0.5, 0.6) is 0 Å². The largest absolute Gasteiger partial charge is 0.416 e. The van der Waals surface area contributed by atoms with E-state index in [-0.39, 0.29) is 23.0 Å². The number of carbonyl (C=O) groups is 2. The summed E-state index contributed by atoms with van der Waals surface area (Å²) in [5, 5.41) is 2.77. The molecular formula is C27H23F3N4O2S. The lowest BCUT2D eigenvalue weighted by Crippen LogP contribution is -2.31. The molecule has 1 N–H and O–H groups in total. The lowest BCUT2D eigenvalue weighted by atomic mass is 10.1. The minimum atomic E-state index is -4.51. The maximum Gasteiger partial charge on any atom is 0.416 e. The number of amidine groups is 1. The molecule has 190 valence electrons. The first-order chi connectivity index (χ1) is 17.6. The van der Waals surface area contributed by atoms with Gasteiger partial charge in [-0.1, -0.05) is 48.2 Å². The van der Waals surface area contributed by atoms with Crippen molar-refractivity contribution >= 4 is 51.9 Å². The van der Waals surface area contributed by atoms with Crippen molar-refractivity contribution in [3.05, 3.63) is 95.7 Å². The van der Waals surface area contributed by atoms with Gasteiger partial charge in [0.25, 0.3) is 5.91 Å². The van der Waals surface area contributed by atoms with Gasteiger partial charge in [-0.05, 0) is 54.1 Å². The van der Waals surface area contributed by atoms with E-state index in [1.807, 2.05) is 49.3 Å². The Morgan fingerprint density at radius 1 is 1.03 bits per heavy atom. The zero-order valence-corrected chi connectivity index (χ0v) is 20.8. The second kappa shape index (κ2) is 10.9. The number of carbonyl (C=O) groups excluding carboxylic acids is 2. The molecule has 1 heterocycles. The zero-order chi connectivity index (χ0) is 26.6. The number of anilines is 3. The molecule has 0 fully saturated rings. The summed E-state index contributed by atoms with van der Waals surface area (Å²) >= 11 is 1.02. The molecule has 0 spiro atoms. The van der Waals surface area contributed by atoms with Gasteiger partial charge in [0.2, 0.25) is 5.91 Å². The van der Waals surface area contributed by atoms with E-state index < -0.39 is 17.6 Å². The Hall–Kier alpha value is -4.05. The van der Waals surface area contributed by atoms with Gasteiger partial charge in [0.1, 0.15) is 5.70 Å². The highest BCUT2D eigenvalue weighted by atomic mass is 32.2. The third kappa shape index (κ3) is 6.39. The normalized spacial score (nSPS) is 14.6. The smallest absolute Gasteiger partial charge is 0.378 e. The van der Waals surface area contributed by atoms with Crippen molar-refractivity contribution in [3.8, 4) is 0 Å². The first-order valence-electron chi connectivity index (χ1n) is 11.2. The van der Waals surface area contributed by atoms with Crippen LogP contribution in [-0.4, -0.2) is 36.8 Å². The van der Waals surface area contributed by atoms with Crippen LogP contribution in [0.1, 0.15) is 11.1 Å². The maximum atomic E-state index is 13.3. The Bertz CT molecular complexity index is 1350. The molecule has 0 saturated carbocycles. The SMILES string of the molecule is CN(C)c1ccc(/C=C2\N=C(SCC(=O)Nc3cccc(C(F)(F)F)c3)N(c3ccccc3)C2=O)cc1. The molecule has 3 aromatic rings. The number of halogens is 3. The Labute approximate surface area is 216 Å². The van der Waals surface area contributed by atoms with Gasteiger partial charge in [-0.15, -0.1) is 0 Å². The standard InChI is InChI=1S/C27H23F3N4O2S/c1-33(2)21-13-11-18(12-14-21)15-23-25(36)34(22-9-4-3-5-10-22)26(32-23)37-17-24(35)31-20-8-6-7-19(16-20)27(28,29)30/h3-16H,17H2,1-2H3,(H,31,35)/b23-15-. The summed E-state index contributed by atoms with van der Waals surface area (Å²) in [6.45, 7) is 0. The van der Waals surface area contributed by atoms with Crippen molar-refractivity contribution in [1.29, 1.82) is 0 Å². The number of rotatable bonds is 6. The van der Waals surface area contributed by atoms with Crippen LogP contribution in [0, 0.1) is 0 Å². The van der Waals surface area contributed by atoms with E-state index in [2.05, 4.69) is 10.3 Å². The molecule has 0 atom stereocenters. The Balaban J connectivity index is 1.53. The minimum absolute atomic E-state index is 0.0338. The molecule has 0 saturated heterocycles. The van der Waals surface area contributed by atoms with Crippen LogP contribution in [0.15, 0.2) is 89.6 Å². The van der Waals surface area contributed by atoms with Crippen LogP contribution < -0.4 is 15.1 Å². The predicted molar refractivity (Wildman–Crippen MR) is 143 cm³/mol. The number of benzene rings is 3. The summed E-state index contributed by atoms with van der Waals surface area (Å²) in [6, 6.07) is 20.9. The summed E-state index contributed by atoms with van der Waals surface area (Å²) in [7, 11) is 3.87. The number of nitrogens with zero attached hydrogens (tertiary/aromatic N) is 3. The van der Waals surface area contributed by atoms with Gasteiger partial charge in [0, 0.05) is 25.5 Å². The fourth-order valence-corrected chi connectivity index (χ4v) is 4.34. The highest BCUT2D eigenvalue weighted by molar-refractivity contribution is 8.14. The van der Waals surface area contributed by atoms with Crippen LogP contribution in [0.25, 0.3) is 6.08 Å². The van der Waals surface area contributed by atoms with E-state index in [4.69, 9.17) is 0 Å². The van der Waals surface area contributed by atoms with E-state index in [0.29, 0.717) is 10.9 Å². The number of para-hydroxylation sites is 1. The first kappa shape index (κ1) is 26.0. The van der Waals surface area contributed by atoms with Gasteiger partial charge in [-0.3, -0.25) is 14.5 Å². The zero-order valence-electron chi connectivity index (χ0n) is 20.0. The molecule has 37 heavy (non-hydrogen) atoms. The molecule has 6 nitrogen and oxygen atoms in total. The summed E-state index contributed by atoms with van der Waals surface area (Å²) < 4.78 is 38.9. The molecule has 1 aliphatic heterocycles. The van der Waals surface area contributed by atoms with Crippen LogP contribution in [0.4, 0.5) is 30.2 Å². The Morgan fingerprint density at radius 3 is 2.38 bits per heavy atom. The number of hydrogen-bond donors (Lipinski definition) is 1. The van der Waals surface area contributed by atoms with Gasteiger partial charge in [0.15, 0.2) is 5.17 Å². The Kier molecular flexibility index (Phi) is 7.68. The molecule has 3 aromatic carbocycles. The van der Waals surface area contributed by atoms with Gasteiger partial charge in [-0.2, -0.15) is 13.2 Å². The molecule has 0 aliphatic carbocycles. The van der Waals surface area contributed by atoms with Gasteiger partial charge < -0.3 is 10.2 Å². The quantitative estimate of drug-likeness (QED) is 0.409. The lowest BCUT2D eigenvalue weighted by molar-refractivity contribution is -0.137. The number of thioether (sulfide) groups is 1. The fraction of sp³-hybridized carbons (Fsp3) is 0.148. The van der Waals surface area contributed by atoms with Crippen molar-refractivity contribution in [2.24, 2.45) is 4.99 Å². The molecule has 0 unspecified atom stereocenters. The van der Waals surface area contributed by atoms with Crippen molar-refractivity contribution in [2.75, 3.05) is 35.0 Å². The molecule has 2 amide bonds. The second-order valence-electron chi connectivity index (χ2n) is 8.30. The molecular weight excluding hydrogens is 501 g/mol. The molecule has 10 heteroatoms. The molecule has 4 rings (SSSR count). The topological polar surface area (TPSA) is 65.0 Å². The van der Waals surface area contributed by atoms with E-state index in [0.717, 1.165) is 35.1 Å². The average Bonchev–Trinajstić information content (AvgIpc) is 3.18.